The number of aryl methyl sites for hydroxylation is 2. The first-order valence-corrected chi connectivity index (χ1v) is 7.15. The van der Waals surface area contributed by atoms with Crippen LogP contribution < -0.4 is 0 Å². The molecule has 0 spiro atoms. The van der Waals surface area contributed by atoms with Gasteiger partial charge in [0, 0.05) is 12.6 Å². The van der Waals surface area contributed by atoms with Gasteiger partial charge in [0.05, 0.1) is 16.1 Å². The molecule has 0 aliphatic rings. The molecule has 0 fully saturated rings. The smallest absolute Gasteiger partial charge is 0.178 e. The predicted octanol–water partition coefficient (Wildman–Crippen LogP) is 4.87. The lowest BCUT2D eigenvalue weighted by Crippen LogP contribution is -2.02. The Kier molecular flexibility index (Phi) is 3.78. The number of aromatic amines is 1. The monoisotopic (exact) mass is 324 g/mol. The van der Waals surface area contributed by atoms with Gasteiger partial charge in [-0.25, -0.2) is 8.78 Å². The van der Waals surface area contributed by atoms with Crippen molar-refractivity contribution in [3.05, 3.63) is 63.4 Å². The first-order chi connectivity index (χ1) is 10.0. The van der Waals surface area contributed by atoms with E-state index in [0.717, 1.165) is 5.56 Å². The highest BCUT2D eigenvalue weighted by molar-refractivity contribution is 7.71. The van der Waals surface area contributed by atoms with Gasteiger partial charge in [0.2, 0.25) is 0 Å². The van der Waals surface area contributed by atoms with Crippen molar-refractivity contribution in [2.75, 3.05) is 0 Å². The summed E-state index contributed by atoms with van der Waals surface area (Å²) < 4.78 is 29.1. The van der Waals surface area contributed by atoms with Crippen LogP contribution in [0.25, 0.3) is 11.0 Å². The van der Waals surface area contributed by atoms with E-state index in [1.807, 2.05) is 6.07 Å². The number of imidazole rings is 1. The van der Waals surface area contributed by atoms with Gasteiger partial charge in [-0.3, -0.25) is 0 Å². The number of rotatable bonds is 3. The quantitative estimate of drug-likeness (QED) is 0.681. The lowest BCUT2D eigenvalue weighted by atomic mass is 10.1. The maximum Gasteiger partial charge on any atom is 0.178 e. The van der Waals surface area contributed by atoms with Crippen LogP contribution in [0.3, 0.4) is 0 Å². The van der Waals surface area contributed by atoms with Crippen molar-refractivity contribution in [2.45, 2.75) is 13.0 Å². The summed E-state index contributed by atoms with van der Waals surface area (Å²) in [6.45, 7) is 0.531. The molecule has 0 aliphatic heterocycles. The fourth-order valence-electron chi connectivity index (χ4n) is 2.31. The van der Waals surface area contributed by atoms with E-state index in [1.165, 1.54) is 24.3 Å². The van der Waals surface area contributed by atoms with Gasteiger partial charge in [-0.1, -0.05) is 23.7 Å². The lowest BCUT2D eigenvalue weighted by molar-refractivity contribution is 0.621. The molecule has 0 unspecified atom stereocenters. The number of nitrogens with zero attached hydrogens (tertiary/aromatic N) is 1. The molecule has 6 heteroatoms. The Bertz CT molecular complexity index is 870. The largest absolute Gasteiger partial charge is 0.331 e. The molecule has 1 aromatic heterocycles. The summed E-state index contributed by atoms with van der Waals surface area (Å²) in [5.74, 6) is -0.759. The van der Waals surface area contributed by atoms with E-state index in [9.17, 15) is 8.78 Å². The Labute approximate surface area is 130 Å². The molecular weight excluding hydrogens is 314 g/mol. The second-order valence-corrected chi connectivity index (χ2v) is 5.54. The Balaban J connectivity index is 1.95. The van der Waals surface area contributed by atoms with Crippen molar-refractivity contribution < 1.29 is 8.78 Å². The van der Waals surface area contributed by atoms with Gasteiger partial charge in [0.15, 0.2) is 4.77 Å². The molecule has 2 aromatic carbocycles. The topological polar surface area (TPSA) is 20.7 Å². The summed E-state index contributed by atoms with van der Waals surface area (Å²) in [7, 11) is 0. The average Bonchev–Trinajstić information content (AvgIpc) is 2.72. The van der Waals surface area contributed by atoms with Crippen molar-refractivity contribution >= 4 is 34.9 Å². The Morgan fingerprint density at radius 2 is 2.00 bits per heavy atom. The first kappa shape index (κ1) is 14.2. The minimum atomic E-state index is -0.488. The van der Waals surface area contributed by atoms with Crippen molar-refractivity contribution in [3.8, 4) is 0 Å². The van der Waals surface area contributed by atoms with Crippen LogP contribution in [0.5, 0.6) is 0 Å². The van der Waals surface area contributed by atoms with Crippen LogP contribution in [0.2, 0.25) is 5.02 Å². The molecule has 108 valence electrons. The summed E-state index contributed by atoms with van der Waals surface area (Å²) in [5, 5.41) is 0.0519. The molecule has 0 radical (unpaired) electrons. The van der Waals surface area contributed by atoms with E-state index in [1.54, 1.807) is 10.6 Å². The Morgan fingerprint density at radius 1 is 1.19 bits per heavy atom. The van der Waals surface area contributed by atoms with Gasteiger partial charge in [-0.05, 0) is 42.4 Å². The van der Waals surface area contributed by atoms with Crippen LogP contribution in [0.15, 0.2) is 36.4 Å². The van der Waals surface area contributed by atoms with Crippen LogP contribution in [-0.2, 0) is 13.0 Å². The fraction of sp³-hybridized carbons (Fsp3) is 0.133. The third kappa shape index (κ3) is 2.84. The molecular formula is C15H11ClF2N2S. The number of nitrogens with one attached hydrogen (secondary N) is 1. The molecule has 0 saturated heterocycles. The molecule has 1 N–H and O–H groups in total. The number of fused-ring (bicyclic) bond motifs is 1. The van der Waals surface area contributed by atoms with E-state index in [4.69, 9.17) is 23.8 Å². The summed E-state index contributed by atoms with van der Waals surface area (Å²) >= 11 is 11.0. The molecule has 1 heterocycles. The van der Waals surface area contributed by atoms with Crippen LogP contribution in [0.4, 0.5) is 8.78 Å². The molecule has 0 atom stereocenters. The third-order valence-electron chi connectivity index (χ3n) is 3.33. The third-order valence-corrected chi connectivity index (χ3v) is 3.94. The molecule has 2 nitrogen and oxygen atoms in total. The zero-order valence-electron chi connectivity index (χ0n) is 10.9. The fourth-order valence-corrected chi connectivity index (χ4v) is 2.77. The van der Waals surface area contributed by atoms with Crippen molar-refractivity contribution in [1.29, 1.82) is 0 Å². The Morgan fingerprint density at radius 3 is 2.76 bits per heavy atom. The second-order valence-electron chi connectivity index (χ2n) is 4.75. The van der Waals surface area contributed by atoms with Crippen LogP contribution in [0.1, 0.15) is 5.56 Å². The molecule has 0 aliphatic carbocycles. The maximum atomic E-state index is 13.6. The van der Waals surface area contributed by atoms with Gasteiger partial charge in [-0.15, -0.1) is 0 Å². The predicted molar refractivity (Wildman–Crippen MR) is 82.2 cm³/mol. The molecule has 21 heavy (non-hydrogen) atoms. The maximum absolute atomic E-state index is 13.6. The molecule has 0 bridgehead atoms. The number of H-pyrrole nitrogens is 1. The van der Waals surface area contributed by atoms with Gasteiger partial charge in [0.25, 0.3) is 0 Å². The summed E-state index contributed by atoms with van der Waals surface area (Å²) in [6, 6.07) is 9.27. The number of hydrogen-bond acceptors (Lipinski definition) is 1. The minimum Gasteiger partial charge on any atom is -0.331 e. The van der Waals surface area contributed by atoms with Crippen LogP contribution in [-0.4, -0.2) is 9.55 Å². The molecule has 0 amide bonds. The standard InChI is InChI=1S/C15H11ClF2N2S/c16-11-7-13-14(8-12(11)18)20(15(21)19-13)5-4-9-2-1-3-10(17)6-9/h1-3,6-8H,4-5H2,(H,19,21). The van der Waals surface area contributed by atoms with Crippen molar-refractivity contribution in [1.82, 2.24) is 9.55 Å². The van der Waals surface area contributed by atoms with Gasteiger partial charge in [0.1, 0.15) is 11.6 Å². The van der Waals surface area contributed by atoms with E-state index >= 15 is 0 Å². The summed E-state index contributed by atoms with van der Waals surface area (Å²) in [4.78, 5) is 3.00. The van der Waals surface area contributed by atoms with Gasteiger partial charge in [-0.2, -0.15) is 0 Å². The highest BCUT2D eigenvalue weighted by Gasteiger charge is 2.09. The van der Waals surface area contributed by atoms with Crippen LogP contribution in [0, 0.1) is 16.4 Å². The summed E-state index contributed by atoms with van der Waals surface area (Å²) in [6.07, 6.45) is 0.600. The van der Waals surface area contributed by atoms with Crippen molar-refractivity contribution in [3.63, 3.8) is 0 Å². The average molecular weight is 325 g/mol. The van der Waals surface area contributed by atoms with E-state index in [2.05, 4.69) is 4.98 Å². The minimum absolute atomic E-state index is 0.0519. The van der Waals surface area contributed by atoms with Crippen molar-refractivity contribution in [2.24, 2.45) is 0 Å². The lowest BCUT2D eigenvalue weighted by Gasteiger charge is -2.05. The molecule has 0 saturated carbocycles. The molecule has 3 aromatic rings. The Hall–Kier alpha value is -1.72. The highest BCUT2D eigenvalue weighted by atomic mass is 35.5. The van der Waals surface area contributed by atoms with E-state index < -0.39 is 5.82 Å². The number of halogens is 3. The van der Waals surface area contributed by atoms with Gasteiger partial charge >= 0.3 is 0 Å². The number of hydrogen-bond donors (Lipinski definition) is 1. The van der Waals surface area contributed by atoms with Gasteiger partial charge < -0.3 is 9.55 Å². The number of aromatic nitrogens is 2. The highest BCUT2D eigenvalue weighted by Crippen LogP contribution is 2.23. The van der Waals surface area contributed by atoms with Crippen LogP contribution >= 0.6 is 23.8 Å². The zero-order valence-corrected chi connectivity index (χ0v) is 12.4. The van der Waals surface area contributed by atoms with E-state index in [-0.39, 0.29) is 10.8 Å². The zero-order chi connectivity index (χ0) is 15.0. The number of benzene rings is 2. The normalized spacial score (nSPS) is 11.2. The van der Waals surface area contributed by atoms with E-state index in [0.29, 0.717) is 28.8 Å². The summed E-state index contributed by atoms with van der Waals surface area (Å²) in [5.41, 5.74) is 2.20. The second kappa shape index (κ2) is 5.58. The SMILES string of the molecule is Fc1cccc(CCn2c(=S)[nH]c3cc(Cl)c(F)cc32)c1. The molecule has 3 rings (SSSR count). The first-order valence-electron chi connectivity index (χ1n) is 6.36.